The van der Waals surface area contributed by atoms with Gasteiger partial charge in [-0.2, -0.15) is 0 Å². The molecule has 0 aliphatic heterocycles. The first-order valence-electron chi connectivity index (χ1n) is 13.1. The highest BCUT2D eigenvalue weighted by atomic mass is 15.2. The Morgan fingerprint density at radius 2 is 0.967 bits per heavy atom. The number of nitrogens with zero attached hydrogens (tertiary/aromatic N) is 1. The molecule has 0 N–H and O–H groups in total. The molecule has 0 heterocycles. The molecule has 0 aliphatic carbocycles. The Labute approximate surface area is 190 Å². The molecule has 1 heteroatoms. The van der Waals surface area contributed by atoms with Crippen molar-refractivity contribution in [3.05, 3.63) is 35.9 Å². The standard InChI is InChI=1S/C29H53N/c1-7-9-11-13-15-20-24-28(3,4)30(26-27-22-18-17-19-23-27)29(5,6)25-21-16-14-12-10-8-2/h17-19,22-23H,7-16,20-21,24-26H2,1-6H3. The Balaban J connectivity index is 2.71. The fourth-order valence-electron chi connectivity index (χ4n) is 4.96. The highest BCUT2D eigenvalue weighted by molar-refractivity contribution is 5.15. The average molecular weight is 416 g/mol. The third-order valence-electron chi connectivity index (χ3n) is 6.93. The molecule has 1 rings (SSSR count). The van der Waals surface area contributed by atoms with E-state index in [-0.39, 0.29) is 11.1 Å². The van der Waals surface area contributed by atoms with E-state index in [1.54, 1.807) is 0 Å². The maximum Gasteiger partial charge on any atom is 0.0244 e. The van der Waals surface area contributed by atoms with Crippen LogP contribution in [0, 0.1) is 0 Å². The van der Waals surface area contributed by atoms with E-state index in [0.29, 0.717) is 0 Å². The van der Waals surface area contributed by atoms with Crippen LogP contribution >= 0.6 is 0 Å². The Bertz CT molecular complexity index is 488. The van der Waals surface area contributed by atoms with Crippen LogP contribution in [0.5, 0.6) is 0 Å². The van der Waals surface area contributed by atoms with Crippen LogP contribution in [0.2, 0.25) is 0 Å². The van der Waals surface area contributed by atoms with Gasteiger partial charge in [0.1, 0.15) is 0 Å². The summed E-state index contributed by atoms with van der Waals surface area (Å²) in [6, 6.07) is 11.1. The molecule has 30 heavy (non-hydrogen) atoms. The Morgan fingerprint density at radius 3 is 1.40 bits per heavy atom. The van der Waals surface area contributed by atoms with Crippen LogP contribution in [0.4, 0.5) is 0 Å². The number of unbranched alkanes of at least 4 members (excludes halogenated alkanes) is 10. The third-order valence-corrected chi connectivity index (χ3v) is 6.93. The van der Waals surface area contributed by atoms with Gasteiger partial charge >= 0.3 is 0 Å². The molecule has 0 saturated heterocycles. The van der Waals surface area contributed by atoms with E-state index in [2.05, 4.69) is 76.8 Å². The molecule has 0 radical (unpaired) electrons. The van der Waals surface area contributed by atoms with Gasteiger partial charge in [0.25, 0.3) is 0 Å². The summed E-state index contributed by atoms with van der Waals surface area (Å²) in [6.07, 6.45) is 19.2. The highest BCUT2D eigenvalue weighted by Crippen LogP contribution is 2.35. The fourth-order valence-corrected chi connectivity index (χ4v) is 4.96. The lowest BCUT2D eigenvalue weighted by molar-refractivity contribution is -0.00509. The van der Waals surface area contributed by atoms with Crippen LogP contribution in [-0.2, 0) is 6.54 Å². The van der Waals surface area contributed by atoms with E-state index in [1.165, 1.54) is 95.5 Å². The normalized spacial score (nSPS) is 12.6. The molecule has 0 spiro atoms. The van der Waals surface area contributed by atoms with Gasteiger partial charge in [0, 0.05) is 17.6 Å². The van der Waals surface area contributed by atoms with Gasteiger partial charge in [0.05, 0.1) is 0 Å². The SMILES string of the molecule is CCCCCCCCC(C)(C)N(Cc1ccccc1)C(C)(C)CCCCCCCC. The molecule has 174 valence electrons. The number of rotatable bonds is 18. The summed E-state index contributed by atoms with van der Waals surface area (Å²) in [5.41, 5.74) is 1.91. The Hall–Kier alpha value is -0.820. The zero-order valence-corrected chi connectivity index (χ0v) is 21.4. The molecule has 0 aromatic heterocycles. The van der Waals surface area contributed by atoms with E-state index in [4.69, 9.17) is 0 Å². The maximum atomic E-state index is 2.83. The van der Waals surface area contributed by atoms with E-state index in [0.717, 1.165) is 6.54 Å². The molecule has 0 bridgehead atoms. The van der Waals surface area contributed by atoms with Crippen molar-refractivity contribution < 1.29 is 0 Å². The predicted octanol–water partition coefficient (Wildman–Crippen LogP) is 9.55. The predicted molar refractivity (Wildman–Crippen MR) is 136 cm³/mol. The van der Waals surface area contributed by atoms with E-state index < -0.39 is 0 Å². The average Bonchev–Trinajstić information content (AvgIpc) is 2.72. The Morgan fingerprint density at radius 1 is 0.567 bits per heavy atom. The summed E-state index contributed by atoms with van der Waals surface area (Å²) >= 11 is 0. The quantitative estimate of drug-likeness (QED) is 0.216. The summed E-state index contributed by atoms with van der Waals surface area (Å²) < 4.78 is 0. The molecule has 1 nitrogen and oxygen atoms in total. The number of benzene rings is 1. The van der Waals surface area contributed by atoms with Crippen molar-refractivity contribution in [2.24, 2.45) is 0 Å². The van der Waals surface area contributed by atoms with Crippen molar-refractivity contribution in [1.29, 1.82) is 0 Å². The van der Waals surface area contributed by atoms with Gasteiger partial charge < -0.3 is 0 Å². The lowest BCUT2D eigenvalue weighted by Gasteiger charge is -2.49. The molecule has 0 atom stereocenters. The second-order valence-electron chi connectivity index (χ2n) is 10.7. The lowest BCUT2D eigenvalue weighted by Crippen LogP contribution is -2.55. The largest absolute Gasteiger partial charge is 0.289 e. The number of hydrogen-bond donors (Lipinski definition) is 0. The van der Waals surface area contributed by atoms with Gasteiger partial charge in [0.15, 0.2) is 0 Å². The fraction of sp³-hybridized carbons (Fsp3) is 0.793. The smallest absolute Gasteiger partial charge is 0.0244 e. The first kappa shape index (κ1) is 27.2. The second-order valence-corrected chi connectivity index (χ2v) is 10.7. The third kappa shape index (κ3) is 11.0. The van der Waals surface area contributed by atoms with Crippen molar-refractivity contribution in [3.63, 3.8) is 0 Å². The van der Waals surface area contributed by atoms with E-state index in [1.807, 2.05) is 0 Å². The first-order chi connectivity index (χ1) is 14.3. The van der Waals surface area contributed by atoms with Crippen molar-refractivity contribution >= 4 is 0 Å². The molecule has 1 aromatic rings. The topological polar surface area (TPSA) is 3.24 Å². The molecule has 0 amide bonds. The maximum absolute atomic E-state index is 2.83. The molecule has 0 aliphatic rings. The van der Waals surface area contributed by atoms with Crippen molar-refractivity contribution in [1.82, 2.24) is 4.90 Å². The molecule has 0 unspecified atom stereocenters. The van der Waals surface area contributed by atoms with E-state index >= 15 is 0 Å². The van der Waals surface area contributed by atoms with E-state index in [9.17, 15) is 0 Å². The lowest BCUT2D eigenvalue weighted by atomic mass is 9.85. The summed E-state index contributed by atoms with van der Waals surface area (Å²) in [6.45, 7) is 15.6. The van der Waals surface area contributed by atoms with Crippen molar-refractivity contribution in [3.8, 4) is 0 Å². The van der Waals surface area contributed by atoms with Gasteiger partial charge in [-0.1, -0.05) is 121 Å². The summed E-state index contributed by atoms with van der Waals surface area (Å²) in [7, 11) is 0. The van der Waals surface area contributed by atoms with Crippen LogP contribution < -0.4 is 0 Å². The summed E-state index contributed by atoms with van der Waals surface area (Å²) in [5.74, 6) is 0. The minimum absolute atomic E-state index is 0.228. The zero-order valence-electron chi connectivity index (χ0n) is 21.4. The summed E-state index contributed by atoms with van der Waals surface area (Å²) in [4.78, 5) is 2.83. The van der Waals surface area contributed by atoms with Crippen LogP contribution in [0.15, 0.2) is 30.3 Å². The minimum Gasteiger partial charge on any atom is -0.289 e. The minimum atomic E-state index is 0.228. The van der Waals surface area contributed by atoms with Crippen LogP contribution in [0.1, 0.15) is 137 Å². The monoisotopic (exact) mass is 415 g/mol. The highest BCUT2D eigenvalue weighted by Gasteiger charge is 2.36. The molecule has 1 aromatic carbocycles. The van der Waals surface area contributed by atoms with Gasteiger partial charge in [-0.15, -0.1) is 0 Å². The van der Waals surface area contributed by atoms with Crippen LogP contribution in [-0.4, -0.2) is 16.0 Å². The molecular formula is C29H53N. The summed E-state index contributed by atoms with van der Waals surface area (Å²) in [5, 5.41) is 0. The second kappa shape index (κ2) is 15.1. The molecule has 0 saturated carbocycles. The Kier molecular flexibility index (Phi) is 13.7. The van der Waals surface area contributed by atoms with Gasteiger partial charge in [-0.05, 0) is 46.1 Å². The van der Waals surface area contributed by atoms with Crippen molar-refractivity contribution in [2.45, 2.75) is 149 Å². The van der Waals surface area contributed by atoms with Gasteiger partial charge in [0.2, 0.25) is 0 Å². The van der Waals surface area contributed by atoms with Crippen molar-refractivity contribution in [2.75, 3.05) is 0 Å². The molecule has 0 fully saturated rings. The zero-order chi connectivity index (χ0) is 22.3. The van der Waals surface area contributed by atoms with Gasteiger partial charge in [-0.3, -0.25) is 4.90 Å². The molecular weight excluding hydrogens is 362 g/mol. The van der Waals surface area contributed by atoms with Crippen LogP contribution in [0.3, 0.4) is 0 Å². The first-order valence-corrected chi connectivity index (χ1v) is 13.1. The van der Waals surface area contributed by atoms with Crippen LogP contribution in [0.25, 0.3) is 0 Å². The number of hydrogen-bond acceptors (Lipinski definition) is 1. The van der Waals surface area contributed by atoms with Gasteiger partial charge in [-0.25, -0.2) is 0 Å².